The van der Waals surface area contributed by atoms with E-state index in [4.69, 9.17) is 18.6 Å². The summed E-state index contributed by atoms with van der Waals surface area (Å²) in [5.41, 5.74) is 5.56. The number of amides is 1. The lowest BCUT2D eigenvalue weighted by Crippen LogP contribution is -2.45. The highest BCUT2D eigenvalue weighted by Crippen LogP contribution is 2.38. The summed E-state index contributed by atoms with van der Waals surface area (Å²) in [5.74, 6) is 1.16. The van der Waals surface area contributed by atoms with E-state index in [1.54, 1.807) is 30.3 Å². The van der Waals surface area contributed by atoms with Crippen LogP contribution in [0.3, 0.4) is 0 Å². The molecule has 8 heteroatoms. The Hall–Kier alpha value is -3.20. The first kappa shape index (κ1) is 24.4. The number of carbonyl (C=O) groups excluding carboxylic acids is 1. The van der Waals surface area contributed by atoms with Crippen molar-refractivity contribution in [2.45, 2.75) is 49.4 Å². The molecule has 0 unspecified atom stereocenters. The maximum atomic E-state index is 15.0. The molecule has 0 saturated carbocycles. The lowest BCUT2D eigenvalue weighted by molar-refractivity contribution is -0.119. The SMILES string of the molecule is C#CCC[C@@H](C(N)=O)c1cc(F)c(CN2[C@@H](C#C)CC[C@H](c3ccccc3)S2(=O)=O)cc1F. The summed E-state index contributed by atoms with van der Waals surface area (Å²) >= 11 is 0. The van der Waals surface area contributed by atoms with Gasteiger partial charge in [-0.1, -0.05) is 36.3 Å². The highest BCUT2D eigenvalue weighted by atomic mass is 32.2. The number of halogens is 2. The van der Waals surface area contributed by atoms with Crippen molar-refractivity contribution in [2.75, 3.05) is 0 Å². The maximum absolute atomic E-state index is 15.0. The van der Waals surface area contributed by atoms with Crippen LogP contribution in [0.1, 0.15) is 53.5 Å². The minimum atomic E-state index is -3.95. The van der Waals surface area contributed by atoms with Crippen molar-refractivity contribution in [3.05, 3.63) is 70.8 Å². The van der Waals surface area contributed by atoms with Gasteiger partial charge in [0.25, 0.3) is 0 Å². The fraction of sp³-hybridized carbons (Fsp3) is 0.320. The van der Waals surface area contributed by atoms with E-state index >= 15 is 4.39 Å². The predicted octanol–water partition coefficient (Wildman–Crippen LogP) is 3.62. The minimum Gasteiger partial charge on any atom is -0.369 e. The van der Waals surface area contributed by atoms with Gasteiger partial charge in [-0.05, 0) is 37.0 Å². The number of terminal acetylenes is 2. The van der Waals surface area contributed by atoms with Gasteiger partial charge in [-0.15, -0.1) is 18.8 Å². The molecule has 0 aliphatic carbocycles. The Kier molecular flexibility index (Phi) is 7.53. The number of primary amides is 1. The lowest BCUT2D eigenvalue weighted by Gasteiger charge is -2.37. The number of nitrogens with zero attached hydrogens (tertiary/aromatic N) is 1. The van der Waals surface area contributed by atoms with E-state index in [0.29, 0.717) is 18.4 Å². The van der Waals surface area contributed by atoms with Crippen LogP contribution in [0.2, 0.25) is 0 Å². The van der Waals surface area contributed by atoms with Crippen LogP contribution in [0.5, 0.6) is 0 Å². The van der Waals surface area contributed by atoms with Crippen LogP contribution in [0.25, 0.3) is 0 Å². The molecule has 3 atom stereocenters. The van der Waals surface area contributed by atoms with E-state index < -0.39 is 51.3 Å². The fourth-order valence-corrected chi connectivity index (χ4v) is 6.26. The minimum absolute atomic E-state index is 0.0694. The Bertz CT molecular complexity index is 1220. The molecule has 1 saturated heterocycles. The largest absolute Gasteiger partial charge is 0.369 e. The monoisotopic (exact) mass is 470 g/mol. The van der Waals surface area contributed by atoms with Gasteiger partial charge >= 0.3 is 0 Å². The van der Waals surface area contributed by atoms with Crippen LogP contribution < -0.4 is 5.73 Å². The topological polar surface area (TPSA) is 80.5 Å². The van der Waals surface area contributed by atoms with Gasteiger partial charge in [0.05, 0.1) is 12.0 Å². The fourth-order valence-electron chi connectivity index (χ4n) is 4.15. The van der Waals surface area contributed by atoms with Gasteiger partial charge in [-0.25, -0.2) is 17.2 Å². The van der Waals surface area contributed by atoms with Gasteiger partial charge in [0.15, 0.2) is 0 Å². The molecular weight excluding hydrogens is 446 g/mol. The van der Waals surface area contributed by atoms with Gasteiger partial charge in [0.1, 0.15) is 16.9 Å². The number of carbonyl (C=O) groups is 1. The standard InChI is InChI=1S/C25H24F2N2O3S/c1-3-5-11-20(25(28)30)21-15-22(26)18(14-23(21)27)16-29-19(4-2)12-13-24(33(29,31)32)17-9-7-6-8-10-17/h1-2,6-10,14-15,19-20,24H,5,11-13,16H2,(H2,28,30)/t19-,20+,24+/m0/s1. The Labute approximate surface area is 193 Å². The molecule has 0 aromatic heterocycles. The van der Waals surface area contributed by atoms with Crippen molar-refractivity contribution in [3.63, 3.8) is 0 Å². The number of nitrogens with two attached hydrogens (primary N) is 1. The van der Waals surface area contributed by atoms with E-state index in [2.05, 4.69) is 11.8 Å². The molecule has 1 heterocycles. The molecule has 0 spiro atoms. The van der Waals surface area contributed by atoms with E-state index in [-0.39, 0.29) is 24.0 Å². The molecule has 1 amide bonds. The molecule has 5 nitrogen and oxygen atoms in total. The molecule has 172 valence electrons. The second kappa shape index (κ2) is 10.2. The summed E-state index contributed by atoms with van der Waals surface area (Å²) in [7, 11) is -3.95. The van der Waals surface area contributed by atoms with Crippen LogP contribution in [-0.2, 0) is 21.4 Å². The zero-order chi connectivity index (χ0) is 24.2. The van der Waals surface area contributed by atoms with Crippen LogP contribution in [0.15, 0.2) is 42.5 Å². The van der Waals surface area contributed by atoms with E-state index in [1.807, 2.05) is 0 Å². The summed E-state index contributed by atoms with van der Waals surface area (Å²) in [5, 5.41) is -0.835. The molecule has 0 bridgehead atoms. The summed E-state index contributed by atoms with van der Waals surface area (Å²) in [6, 6.07) is 9.68. The Morgan fingerprint density at radius 2 is 1.85 bits per heavy atom. The zero-order valence-corrected chi connectivity index (χ0v) is 18.7. The number of hydrogen-bond acceptors (Lipinski definition) is 3. The summed E-state index contributed by atoms with van der Waals surface area (Å²) < 4.78 is 57.8. The van der Waals surface area contributed by atoms with Gasteiger partial charge in [-0.2, -0.15) is 4.31 Å². The van der Waals surface area contributed by atoms with Gasteiger partial charge in [0.2, 0.25) is 15.9 Å². The van der Waals surface area contributed by atoms with Crippen molar-refractivity contribution in [1.29, 1.82) is 0 Å². The molecule has 33 heavy (non-hydrogen) atoms. The molecule has 1 aliphatic rings. The summed E-state index contributed by atoms with van der Waals surface area (Å²) in [6.45, 7) is -0.435. The number of hydrogen-bond donors (Lipinski definition) is 1. The zero-order valence-electron chi connectivity index (χ0n) is 17.9. The molecular formula is C25H24F2N2O3S. The highest BCUT2D eigenvalue weighted by Gasteiger charge is 2.42. The molecule has 1 aliphatic heterocycles. The number of rotatable bonds is 7. The first-order valence-electron chi connectivity index (χ1n) is 10.4. The summed E-state index contributed by atoms with van der Waals surface area (Å²) in [4.78, 5) is 11.8. The van der Waals surface area contributed by atoms with Gasteiger partial charge in [0, 0.05) is 24.1 Å². The van der Waals surface area contributed by atoms with Crippen molar-refractivity contribution in [1.82, 2.24) is 4.31 Å². The number of benzene rings is 2. The first-order chi connectivity index (χ1) is 15.7. The molecule has 0 radical (unpaired) electrons. The van der Waals surface area contributed by atoms with Gasteiger partial charge < -0.3 is 5.73 Å². The van der Waals surface area contributed by atoms with Crippen molar-refractivity contribution >= 4 is 15.9 Å². The average molecular weight is 471 g/mol. The normalized spacial score (nSPS) is 21.0. The second-order valence-electron chi connectivity index (χ2n) is 7.91. The van der Waals surface area contributed by atoms with E-state index in [1.165, 1.54) is 0 Å². The first-order valence-corrected chi connectivity index (χ1v) is 11.9. The van der Waals surface area contributed by atoms with Crippen LogP contribution in [-0.4, -0.2) is 24.7 Å². The number of sulfonamides is 1. The van der Waals surface area contributed by atoms with Crippen molar-refractivity contribution < 1.29 is 22.0 Å². The summed E-state index contributed by atoms with van der Waals surface area (Å²) in [6.07, 6.45) is 11.7. The van der Waals surface area contributed by atoms with Gasteiger partial charge in [-0.3, -0.25) is 4.79 Å². The molecule has 3 rings (SSSR count). The van der Waals surface area contributed by atoms with Crippen molar-refractivity contribution in [3.8, 4) is 24.7 Å². The van der Waals surface area contributed by atoms with Crippen LogP contribution >= 0.6 is 0 Å². The Morgan fingerprint density at radius 1 is 1.15 bits per heavy atom. The van der Waals surface area contributed by atoms with E-state index in [0.717, 1.165) is 16.4 Å². The third-order valence-electron chi connectivity index (χ3n) is 5.89. The smallest absolute Gasteiger partial charge is 0.225 e. The maximum Gasteiger partial charge on any atom is 0.225 e. The molecule has 1 fully saturated rings. The highest BCUT2D eigenvalue weighted by molar-refractivity contribution is 7.89. The Morgan fingerprint density at radius 3 is 2.45 bits per heavy atom. The molecule has 2 N–H and O–H groups in total. The average Bonchev–Trinajstić information content (AvgIpc) is 2.78. The Balaban J connectivity index is 1.96. The van der Waals surface area contributed by atoms with Crippen molar-refractivity contribution in [2.24, 2.45) is 5.73 Å². The lowest BCUT2D eigenvalue weighted by atomic mass is 9.92. The van der Waals surface area contributed by atoms with Crippen LogP contribution in [0.4, 0.5) is 8.78 Å². The third kappa shape index (κ3) is 5.08. The predicted molar refractivity (Wildman–Crippen MR) is 122 cm³/mol. The van der Waals surface area contributed by atoms with E-state index in [9.17, 15) is 17.6 Å². The molecule has 2 aromatic carbocycles. The second-order valence-corrected chi connectivity index (χ2v) is 9.98. The molecule has 2 aromatic rings. The quantitative estimate of drug-likeness (QED) is 0.628. The third-order valence-corrected chi connectivity index (χ3v) is 8.15. The van der Waals surface area contributed by atoms with Crippen LogP contribution in [0, 0.1) is 36.3 Å².